The Morgan fingerprint density at radius 1 is 0.750 bits per heavy atom. The first-order valence-corrected chi connectivity index (χ1v) is 8.55. The fourth-order valence-corrected chi connectivity index (χ4v) is 2.33. The van der Waals surface area contributed by atoms with Crippen molar-refractivity contribution in [1.29, 1.82) is 0 Å². The molecule has 0 amide bonds. The zero-order valence-corrected chi connectivity index (χ0v) is 16.1. The highest BCUT2D eigenvalue weighted by Crippen LogP contribution is 2.31. The zero-order valence-electron chi connectivity index (χ0n) is 16.1. The molecule has 28 heavy (non-hydrogen) atoms. The molecule has 0 radical (unpaired) electrons. The second-order valence-electron chi connectivity index (χ2n) is 6.25. The first-order chi connectivity index (χ1) is 13.3. The molecule has 0 aliphatic rings. The number of rotatable bonds is 7. The van der Waals surface area contributed by atoms with E-state index in [0.717, 1.165) is 11.1 Å². The van der Waals surface area contributed by atoms with Gasteiger partial charge in [-0.1, -0.05) is 50.6 Å². The van der Waals surface area contributed by atoms with E-state index in [-0.39, 0.29) is 0 Å². The van der Waals surface area contributed by atoms with Crippen molar-refractivity contribution < 1.29 is 19.1 Å². The van der Waals surface area contributed by atoms with Crippen LogP contribution in [0.25, 0.3) is 23.3 Å². The van der Waals surface area contributed by atoms with E-state index in [9.17, 15) is 9.59 Å². The van der Waals surface area contributed by atoms with Gasteiger partial charge in [-0.3, -0.25) is 0 Å². The number of esters is 2. The maximum absolute atomic E-state index is 11.8. The lowest BCUT2D eigenvalue weighted by Gasteiger charge is -2.12. The van der Waals surface area contributed by atoms with E-state index in [4.69, 9.17) is 9.47 Å². The SMILES string of the molecule is C=Cc1cc(-c2ccc(OC(=O)C(=C)C)c(C=C)c2)ccc1OC(=O)C(=C)C. The largest absolute Gasteiger partial charge is 0.423 e. The van der Waals surface area contributed by atoms with E-state index >= 15 is 0 Å². The van der Waals surface area contributed by atoms with Gasteiger partial charge in [0.05, 0.1) is 0 Å². The Kier molecular flexibility index (Phi) is 6.51. The van der Waals surface area contributed by atoms with E-state index in [1.54, 1.807) is 38.1 Å². The number of hydrogen-bond acceptors (Lipinski definition) is 4. The highest BCUT2D eigenvalue weighted by atomic mass is 16.5. The van der Waals surface area contributed by atoms with Crippen molar-refractivity contribution in [3.05, 3.63) is 85.0 Å². The summed E-state index contributed by atoms with van der Waals surface area (Å²) in [7, 11) is 0. The highest BCUT2D eigenvalue weighted by Gasteiger charge is 2.12. The fourth-order valence-electron chi connectivity index (χ4n) is 2.33. The number of carbonyl (C=O) groups excluding carboxylic acids is 2. The highest BCUT2D eigenvalue weighted by molar-refractivity contribution is 5.90. The third-order valence-electron chi connectivity index (χ3n) is 3.89. The summed E-state index contributed by atoms with van der Waals surface area (Å²) in [4.78, 5) is 23.6. The zero-order chi connectivity index (χ0) is 20.8. The molecule has 0 bridgehead atoms. The van der Waals surface area contributed by atoms with Crippen LogP contribution in [0.3, 0.4) is 0 Å². The van der Waals surface area contributed by atoms with Crippen molar-refractivity contribution in [1.82, 2.24) is 0 Å². The molecule has 0 saturated carbocycles. The summed E-state index contributed by atoms with van der Waals surface area (Å²) >= 11 is 0. The summed E-state index contributed by atoms with van der Waals surface area (Å²) in [5.41, 5.74) is 3.73. The Morgan fingerprint density at radius 2 is 1.11 bits per heavy atom. The minimum absolute atomic E-state index is 0.314. The molecule has 0 heterocycles. The standard InChI is InChI=1S/C24H22O4/c1-7-17-13-19(9-11-21(17)27-23(25)15(3)4)20-10-12-22(18(8-2)14-20)28-24(26)16(5)6/h7-14H,1-3,5H2,4,6H3. The average Bonchev–Trinajstić information content (AvgIpc) is 2.68. The number of hydrogen-bond donors (Lipinski definition) is 0. The molecule has 0 N–H and O–H groups in total. The van der Waals surface area contributed by atoms with Gasteiger partial charge in [0.1, 0.15) is 11.5 Å². The maximum atomic E-state index is 11.8. The Balaban J connectivity index is 2.39. The van der Waals surface area contributed by atoms with Crippen molar-refractivity contribution in [2.75, 3.05) is 0 Å². The fraction of sp³-hybridized carbons (Fsp3) is 0.0833. The molecule has 0 aliphatic heterocycles. The topological polar surface area (TPSA) is 52.6 Å². The molecule has 2 aromatic rings. The Hall–Kier alpha value is -3.66. The molecule has 2 aromatic carbocycles. The number of ether oxygens (including phenoxy) is 2. The van der Waals surface area contributed by atoms with Gasteiger partial charge in [-0.15, -0.1) is 0 Å². The van der Waals surface area contributed by atoms with Gasteiger partial charge in [-0.25, -0.2) is 9.59 Å². The molecule has 0 aromatic heterocycles. The molecule has 2 rings (SSSR count). The third-order valence-corrected chi connectivity index (χ3v) is 3.89. The molecule has 0 fully saturated rings. The predicted octanol–water partition coefficient (Wildman–Crippen LogP) is 5.60. The van der Waals surface area contributed by atoms with Crippen LogP contribution in [0.5, 0.6) is 11.5 Å². The minimum atomic E-state index is -0.492. The first kappa shape index (κ1) is 20.6. The monoisotopic (exact) mass is 374 g/mol. The molecule has 0 spiro atoms. The minimum Gasteiger partial charge on any atom is -0.423 e. The van der Waals surface area contributed by atoms with Crippen molar-refractivity contribution in [3.8, 4) is 22.6 Å². The molecular weight excluding hydrogens is 352 g/mol. The van der Waals surface area contributed by atoms with E-state index in [1.165, 1.54) is 0 Å². The van der Waals surface area contributed by atoms with Gasteiger partial charge in [0, 0.05) is 22.3 Å². The normalized spacial score (nSPS) is 9.93. The summed E-state index contributed by atoms with van der Waals surface area (Å²) in [6.45, 7) is 17.9. The second-order valence-corrected chi connectivity index (χ2v) is 6.25. The van der Waals surface area contributed by atoms with Crippen LogP contribution >= 0.6 is 0 Å². The van der Waals surface area contributed by atoms with E-state index in [0.29, 0.717) is 33.8 Å². The summed E-state index contributed by atoms with van der Waals surface area (Å²) in [5.74, 6) is -0.174. The predicted molar refractivity (Wildman–Crippen MR) is 113 cm³/mol. The summed E-state index contributed by atoms with van der Waals surface area (Å²) in [6.07, 6.45) is 3.23. The average molecular weight is 374 g/mol. The van der Waals surface area contributed by atoms with Gasteiger partial charge < -0.3 is 9.47 Å². The lowest BCUT2D eigenvalue weighted by atomic mass is 10.00. The van der Waals surface area contributed by atoms with E-state index in [1.807, 2.05) is 24.3 Å². The molecular formula is C24H22O4. The molecule has 4 heteroatoms. The van der Waals surface area contributed by atoms with Gasteiger partial charge in [-0.2, -0.15) is 0 Å². The van der Waals surface area contributed by atoms with Crippen molar-refractivity contribution >= 4 is 24.1 Å². The number of carbonyl (C=O) groups is 2. The summed E-state index contributed by atoms with van der Waals surface area (Å²) in [5, 5.41) is 0. The van der Waals surface area contributed by atoms with Crippen LogP contribution < -0.4 is 9.47 Å². The molecule has 0 aliphatic carbocycles. The van der Waals surface area contributed by atoms with Crippen molar-refractivity contribution in [3.63, 3.8) is 0 Å². The van der Waals surface area contributed by atoms with Crippen LogP contribution in [0.2, 0.25) is 0 Å². The Labute approximate surface area is 165 Å². The van der Waals surface area contributed by atoms with Gasteiger partial charge in [0.25, 0.3) is 0 Å². The van der Waals surface area contributed by atoms with Crippen molar-refractivity contribution in [2.24, 2.45) is 0 Å². The second kappa shape index (κ2) is 8.82. The summed E-state index contributed by atoms with van der Waals surface area (Å²) < 4.78 is 10.7. The molecule has 0 atom stereocenters. The molecule has 4 nitrogen and oxygen atoms in total. The van der Waals surface area contributed by atoms with E-state index < -0.39 is 11.9 Å². The van der Waals surface area contributed by atoms with Crippen LogP contribution in [-0.2, 0) is 9.59 Å². The first-order valence-electron chi connectivity index (χ1n) is 8.55. The lowest BCUT2D eigenvalue weighted by molar-refractivity contribution is -0.130. The van der Waals surface area contributed by atoms with Crippen LogP contribution in [0.15, 0.2) is 73.9 Å². The Morgan fingerprint density at radius 3 is 1.39 bits per heavy atom. The lowest BCUT2D eigenvalue weighted by Crippen LogP contribution is -2.09. The molecule has 142 valence electrons. The van der Waals surface area contributed by atoms with Gasteiger partial charge in [-0.05, 0) is 49.2 Å². The quantitative estimate of drug-likeness (QED) is 0.359. The van der Waals surface area contributed by atoms with Crippen molar-refractivity contribution in [2.45, 2.75) is 13.8 Å². The van der Waals surface area contributed by atoms with Gasteiger partial charge in [0.15, 0.2) is 0 Å². The van der Waals surface area contributed by atoms with Crippen LogP contribution in [0.1, 0.15) is 25.0 Å². The molecule has 0 saturated heterocycles. The summed E-state index contributed by atoms with van der Waals surface area (Å²) in [6, 6.07) is 10.8. The molecule has 0 unspecified atom stereocenters. The number of benzene rings is 2. The van der Waals surface area contributed by atoms with Crippen LogP contribution in [-0.4, -0.2) is 11.9 Å². The van der Waals surface area contributed by atoms with Crippen LogP contribution in [0.4, 0.5) is 0 Å². The van der Waals surface area contributed by atoms with Gasteiger partial charge in [0.2, 0.25) is 0 Å². The van der Waals surface area contributed by atoms with Gasteiger partial charge >= 0.3 is 11.9 Å². The van der Waals surface area contributed by atoms with Crippen LogP contribution in [0, 0.1) is 0 Å². The smallest absolute Gasteiger partial charge is 0.338 e. The Bertz CT molecular complexity index is 914. The maximum Gasteiger partial charge on any atom is 0.338 e. The van der Waals surface area contributed by atoms with E-state index in [2.05, 4.69) is 26.3 Å². The third kappa shape index (κ3) is 4.74.